The summed E-state index contributed by atoms with van der Waals surface area (Å²) in [5.74, 6) is 0.744. The van der Waals surface area contributed by atoms with E-state index in [1.54, 1.807) is 18.5 Å². The largest absolute Gasteiger partial charge is 0.492 e. The molecule has 0 saturated heterocycles. The van der Waals surface area contributed by atoms with E-state index in [-0.39, 0.29) is 0 Å². The summed E-state index contributed by atoms with van der Waals surface area (Å²) < 4.78 is 5.71. The maximum Gasteiger partial charge on any atom is 0.120 e. The fourth-order valence-corrected chi connectivity index (χ4v) is 2.44. The zero-order valence-electron chi connectivity index (χ0n) is 11.7. The summed E-state index contributed by atoms with van der Waals surface area (Å²) >= 11 is 0. The van der Waals surface area contributed by atoms with Gasteiger partial charge in [0.1, 0.15) is 18.7 Å². The Labute approximate surface area is 123 Å². The van der Waals surface area contributed by atoms with Gasteiger partial charge in [-0.1, -0.05) is 6.07 Å². The van der Waals surface area contributed by atoms with Crippen LogP contribution in [0.1, 0.15) is 16.8 Å². The highest BCUT2D eigenvalue weighted by Gasteiger charge is 2.16. The van der Waals surface area contributed by atoms with Crippen molar-refractivity contribution < 1.29 is 4.74 Å². The average Bonchev–Trinajstić information content (AvgIpc) is 2.55. The van der Waals surface area contributed by atoms with Gasteiger partial charge < -0.3 is 4.74 Å². The van der Waals surface area contributed by atoms with Crippen LogP contribution in [0, 0.1) is 11.3 Å². The Balaban J connectivity index is 1.51. The highest BCUT2D eigenvalue weighted by atomic mass is 16.5. The number of rotatable bonds is 4. The maximum absolute atomic E-state index is 8.86. The van der Waals surface area contributed by atoms with Crippen LogP contribution in [0.25, 0.3) is 0 Å². The summed E-state index contributed by atoms with van der Waals surface area (Å²) in [4.78, 5) is 10.7. The van der Waals surface area contributed by atoms with Crippen molar-refractivity contribution >= 4 is 0 Å². The number of ether oxygens (including phenoxy) is 1. The van der Waals surface area contributed by atoms with Gasteiger partial charge in [-0.15, -0.1) is 0 Å². The van der Waals surface area contributed by atoms with Crippen molar-refractivity contribution in [3.63, 3.8) is 0 Å². The monoisotopic (exact) mass is 280 g/mol. The standard InChI is InChI=1S/C16H16N4O/c17-9-13-2-1-3-15(8-13)21-7-6-20-5-4-14-10-18-12-19-16(14)11-20/h1-3,8,10,12H,4-7,11H2. The highest BCUT2D eigenvalue weighted by Crippen LogP contribution is 2.16. The number of nitrogens with zero attached hydrogens (tertiary/aromatic N) is 4. The van der Waals surface area contributed by atoms with E-state index in [2.05, 4.69) is 20.9 Å². The summed E-state index contributed by atoms with van der Waals surface area (Å²) in [5, 5.41) is 8.86. The van der Waals surface area contributed by atoms with Crippen molar-refractivity contribution in [3.8, 4) is 11.8 Å². The van der Waals surface area contributed by atoms with Crippen LogP contribution in [0.5, 0.6) is 5.75 Å². The van der Waals surface area contributed by atoms with Crippen molar-refractivity contribution in [2.75, 3.05) is 19.7 Å². The van der Waals surface area contributed by atoms with Crippen LogP contribution in [0.15, 0.2) is 36.8 Å². The number of hydrogen-bond donors (Lipinski definition) is 0. The molecule has 1 aromatic heterocycles. The lowest BCUT2D eigenvalue weighted by Gasteiger charge is -2.27. The fourth-order valence-electron chi connectivity index (χ4n) is 2.44. The Morgan fingerprint density at radius 1 is 1.38 bits per heavy atom. The molecule has 1 aromatic carbocycles. The fraction of sp³-hybridized carbons (Fsp3) is 0.312. The van der Waals surface area contributed by atoms with Gasteiger partial charge in [0.2, 0.25) is 0 Å². The van der Waals surface area contributed by atoms with Crippen LogP contribution in [0.4, 0.5) is 0 Å². The molecule has 0 radical (unpaired) electrons. The first-order chi connectivity index (χ1) is 10.3. The van der Waals surface area contributed by atoms with Crippen LogP contribution < -0.4 is 4.74 Å². The summed E-state index contributed by atoms with van der Waals surface area (Å²) in [5.41, 5.74) is 2.98. The normalized spacial score (nSPS) is 14.2. The van der Waals surface area contributed by atoms with Gasteiger partial charge in [0.15, 0.2) is 0 Å². The molecule has 21 heavy (non-hydrogen) atoms. The van der Waals surface area contributed by atoms with Gasteiger partial charge in [-0.25, -0.2) is 9.97 Å². The minimum Gasteiger partial charge on any atom is -0.492 e. The first kappa shape index (κ1) is 13.5. The van der Waals surface area contributed by atoms with Crippen molar-refractivity contribution in [1.82, 2.24) is 14.9 Å². The Kier molecular flexibility index (Phi) is 4.08. The van der Waals surface area contributed by atoms with E-state index >= 15 is 0 Å². The minimum atomic E-state index is 0.606. The molecule has 5 heteroatoms. The molecule has 0 spiro atoms. The van der Waals surface area contributed by atoms with Gasteiger partial charge in [-0.3, -0.25) is 4.90 Å². The molecule has 0 amide bonds. The quantitative estimate of drug-likeness (QED) is 0.854. The van der Waals surface area contributed by atoms with Gasteiger partial charge >= 0.3 is 0 Å². The smallest absolute Gasteiger partial charge is 0.120 e. The van der Waals surface area contributed by atoms with Crippen molar-refractivity contribution in [2.24, 2.45) is 0 Å². The topological polar surface area (TPSA) is 62.0 Å². The van der Waals surface area contributed by atoms with E-state index in [0.717, 1.165) is 37.5 Å². The first-order valence-corrected chi connectivity index (χ1v) is 6.98. The van der Waals surface area contributed by atoms with Crippen molar-refractivity contribution in [2.45, 2.75) is 13.0 Å². The number of fused-ring (bicyclic) bond motifs is 1. The van der Waals surface area contributed by atoms with Crippen LogP contribution >= 0.6 is 0 Å². The van der Waals surface area contributed by atoms with E-state index in [1.807, 2.05) is 18.3 Å². The predicted octanol–water partition coefficient (Wildman–Crippen LogP) is 1.79. The van der Waals surface area contributed by atoms with Crippen LogP contribution in [0.3, 0.4) is 0 Å². The zero-order chi connectivity index (χ0) is 14.5. The number of benzene rings is 1. The van der Waals surface area contributed by atoms with Gasteiger partial charge in [0, 0.05) is 25.8 Å². The molecule has 1 aliphatic heterocycles. The molecule has 0 unspecified atom stereocenters. The Hall–Kier alpha value is -2.45. The third-order valence-electron chi connectivity index (χ3n) is 3.59. The summed E-state index contributed by atoms with van der Waals surface area (Å²) in [6.07, 6.45) is 4.50. The second-order valence-electron chi connectivity index (χ2n) is 5.01. The van der Waals surface area contributed by atoms with Crippen molar-refractivity contribution in [1.29, 1.82) is 5.26 Å². The first-order valence-electron chi connectivity index (χ1n) is 6.98. The predicted molar refractivity (Wildman–Crippen MR) is 77.7 cm³/mol. The molecule has 0 aliphatic carbocycles. The number of aromatic nitrogens is 2. The molecule has 0 atom stereocenters. The summed E-state index contributed by atoms with van der Waals surface area (Å²) in [6.45, 7) is 3.30. The van der Waals surface area contributed by atoms with Gasteiger partial charge in [-0.05, 0) is 30.2 Å². The molecule has 3 rings (SSSR count). The number of hydrogen-bond acceptors (Lipinski definition) is 5. The maximum atomic E-state index is 8.86. The molecule has 0 saturated carbocycles. The van der Waals surface area contributed by atoms with Gasteiger partial charge in [-0.2, -0.15) is 5.26 Å². The minimum absolute atomic E-state index is 0.606. The average molecular weight is 280 g/mol. The molecule has 0 bridgehead atoms. The van der Waals surface area contributed by atoms with Gasteiger partial charge in [0.25, 0.3) is 0 Å². The van der Waals surface area contributed by atoms with E-state index < -0.39 is 0 Å². The molecule has 1 aliphatic rings. The second kappa shape index (κ2) is 6.33. The number of nitriles is 1. The Morgan fingerprint density at radius 2 is 2.33 bits per heavy atom. The van der Waals surface area contributed by atoms with Crippen LogP contribution in [-0.4, -0.2) is 34.6 Å². The summed E-state index contributed by atoms with van der Waals surface area (Å²) in [7, 11) is 0. The molecule has 5 nitrogen and oxygen atoms in total. The Bertz CT molecular complexity index is 665. The SMILES string of the molecule is N#Cc1cccc(OCCN2CCc3cncnc3C2)c1. The molecule has 106 valence electrons. The van der Waals surface area contributed by atoms with E-state index in [9.17, 15) is 0 Å². The van der Waals surface area contributed by atoms with Crippen molar-refractivity contribution in [3.05, 3.63) is 53.6 Å². The third kappa shape index (κ3) is 3.36. The van der Waals surface area contributed by atoms with Crippen LogP contribution in [-0.2, 0) is 13.0 Å². The second-order valence-corrected chi connectivity index (χ2v) is 5.01. The third-order valence-corrected chi connectivity index (χ3v) is 3.59. The van der Waals surface area contributed by atoms with E-state index in [1.165, 1.54) is 5.56 Å². The summed E-state index contributed by atoms with van der Waals surface area (Å²) in [6, 6.07) is 9.36. The lowest BCUT2D eigenvalue weighted by atomic mass is 10.1. The molecular formula is C16H16N4O. The zero-order valence-corrected chi connectivity index (χ0v) is 11.7. The van der Waals surface area contributed by atoms with Gasteiger partial charge in [0.05, 0.1) is 17.3 Å². The highest BCUT2D eigenvalue weighted by molar-refractivity contribution is 5.36. The Morgan fingerprint density at radius 3 is 3.24 bits per heavy atom. The molecule has 2 heterocycles. The van der Waals surface area contributed by atoms with E-state index in [4.69, 9.17) is 10.00 Å². The lowest BCUT2D eigenvalue weighted by molar-refractivity contribution is 0.194. The molecular weight excluding hydrogens is 264 g/mol. The van der Waals surface area contributed by atoms with E-state index in [0.29, 0.717) is 12.2 Å². The molecule has 0 fully saturated rings. The lowest BCUT2D eigenvalue weighted by Crippen LogP contribution is -2.34. The molecule has 0 N–H and O–H groups in total. The van der Waals surface area contributed by atoms with Crippen LogP contribution in [0.2, 0.25) is 0 Å². The molecule has 2 aromatic rings.